The van der Waals surface area contributed by atoms with E-state index in [1.807, 2.05) is 7.05 Å². The van der Waals surface area contributed by atoms with Crippen LogP contribution in [0.4, 0.5) is 4.39 Å². The van der Waals surface area contributed by atoms with Crippen LogP contribution in [0.3, 0.4) is 0 Å². The normalized spacial score (nSPS) is 30.1. The number of nitrogens with zero attached hydrogens (tertiary/aromatic N) is 1. The summed E-state index contributed by atoms with van der Waals surface area (Å²) in [6.07, 6.45) is 5.23. The molecule has 1 aliphatic carbocycles. The maximum atomic E-state index is 13.9. The molecule has 4 atom stereocenters. The topological polar surface area (TPSA) is 24.9 Å². The van der Waals surface area contributed by atoms with E-state index in [0.717, 1.165) is 18.8 Å². The molecule has 2 nitrogen and oxygen atoms in total. The maximum absolute atomic E-state index is 13.9. The summed E-state index contributed by atoms with van der Waals surface area (Å²) in [6, 6.07) is 3.19. The summed E-state index contributed by atoms with van der Waals surface area (Å²) >= 11 is 0. The van der Waals surface area contributed by atoms with Crippen molar-refractivity contribution in [2.75, 3.05) is 7.05 Å². The first-order valence-electron chi connectivity index (χ1n) is 6.91. The molecule has 0 bridgehead atoms. The van der Waals surface area contributed by atoms with Crippen LogP contribution in [0.25, 0.3) is 0 Å². The second-order valence-electron chi connectivity index (χ2n) is 5.66. The molecule has 0 amide bonds. The number of hydrogen-bond acceptors (Lipinski definition) is 2. The van der Waals surface area contributed by atoms with E-state index in [1.54, 1.807) is 12.3 Å². The minimum absolute atomic E-state index is 0.0427. The van der Waals surface area contributed by atoms with E-state index in [-0.39, 0.29) is 11.9 Å². The third kappa shape index (κ3) is 2.72. The monoisotopic (exact) mass is 250 g/mol. The third-order valence-electron chi connectivity index (χ3n) is 4.50. The summed E-state index contributed by atoms with van der Waals surface area (Å²) < 4.78 is 13.9. The maximum Gasteiger partial charge on any atom is 0.146 e. The molecule has 1 aromatic heterocycles. The van der Waals surface area contributed by atoms with Crippen LogP contribution in [-0.4, -0.2) is 12.0 Å². The van der Waals surface area contributed by atoms with Gasteiger partial charge in [0.15, 0.2) is 0 Å². The third-order valence-corrected chi connectivity index (χ3v) is 4.50. The van der Waals surface area contributed by atoms with Gasteiger partial charge in [0.2, 0.25) is 0 Å². The zero-order valence-electron chi connectivity index (χ0n) is 11.5. The first kappa shape index (κ1) is 13.5. The quantitative estimate of drug-likeness (QED) is 0.887. The highest BCUT2D eigenvalue weighted by Gasteiger charge is 2.32. The van der Waals surface area contributed by atoms with E-state index in [0.29, 0.717) is 17.5 Å². The Morgan fingerprint density at radius 2 is 2.11 bits per heavy atom. The Bertz CT molecular complexity index is 394. The smallest absolute Gasteiger partial charge is 0.146 e. The molecule has 0 radical (unpaired) electrons. The van der Waals surface area contributed by atoms with Crippen molar-refractivity contribution < 1.29 is 4.39 Å². The minimum atomic E-state index is -0.192. The highest BCUT2D eigenvalue weighted by atomic mass is 19.1. The lowest BCUT2D eigenvalue weighted by Gasteiger charge is -2.36. The molecule has 4 unspecified atom stereocenters. The lowest BCUT2D eigenvalue weighted by Crippen LogP contribution is -2.32. The van der Waals surface area contributed by atoms with Crippen LogP contribution in [-0.2, 0) is 0 Å². The van der Waals surface area contributed by atoms with Crippen LogP contribution < -0.4 is 5.32 Å². The molecule has 1 aromatic rings. The highest BCUT2D eigenvalue weighted by Crippen LogP contribution is 2.39. The highest BCUT2D eigenvalue weighted by molar-refractivity contribution is 5.13. The van der Waals surface area contributed by atoms with Crippen molar-refractivity contribution in [3.63, 3.8) is 0 Å². The lowest BCUT2D eigenvalue weighted by atomic mass is 9.72. The van der Waals surface area contributed by atoms with Crippen molar-refractivity contribution in [3.05, 3.63) is 29.8 Å². The summed E-state index contributed by atoms with van der Waals surface area (Å²) in [4.78, 5) is 4.23. The van der Waals surface area contributed by atoms with Gasteiger partial charge in [0.05, 0.1) is 11.7 Å². The van der Waals surface area contributed by atoms with Gasteiger partial charge in [-0.05, 0) is 49.8 Å². The predicted octanol–water partition coefficient (Wildman–Crippen LogP) is 3.55. The Morgan fingerprint density at radius 1 is 1.33 bits per heavy atom. The molecule has 1 N–H and O–H groups in total. The molecular formula is C15H23FN2. The molecule has 0 saturated heterocycles. The Morgan fingerprint density at radius 3 is 2.72 bits per heavy atom. The standard InChI is InChI=1S/C15H23FN2/c1-10-6-7-12(9-11(10)2)14(17-3)15-13(16)5-4-8-18-15/h4-5,8,10-12,14,17H,6-7,9H2,1-3H3. The van der Waals surface area contributed by atoms with Gasteiger partial charge in [-0.3, -0.25) is 4.98 Å². The van der Waals surface area contributed by atoms with Crippen LogP contribution >= 0.6 is 0 Å². The summed E-state index contributed by atoms with van der Waals surface area (Å²) in [5.41, 5.74) is 0.576. The summed E-state index contributed by atoms with van der Waals surface area (Å²) in [5.74, 6) is 1.80. The lowest BCUT2D eigenvalue weighted by molar-refractivity contribution is 0.171. The fraction of sp³-hybridized carbons (Fsp3) is 0.667. The van der Waals surface area contributed by atoms with Gasteiger partial charge in [-0.15, -0.1) is 0 Å². The number of halogens is 1. The summed E-state index contributed by atoms with van der Waals surface area (Å²) in [5, 5.41) is 3.26. The van der Waals surface area contributed by atoms with E-state index in [9.17, 15) is 4.39 Å². The van der Waals surface area contributed by atoms with Crippen molar-refractivity contribution in [2.24, 2.45) is 17.8 Å². The molecule has 3 heteroatoms. The van der Waals surface area contributed by atoms with Crippen molar-refractivity contribution in [2.45, 2.75) is 39.2 Å². The molecule has 0 aromatic carbocycles. The van der Waals surface area contributed by atoms with Crippen LogP contribution in [0, 0.1) is 23.6 Å². The molecule has 1 heterocycles. The average molecular weight is 250 g/mol. The van der Waals surface area contributed by atoms with Crippen LogP contribution in [0.5, 0.6) is 0 Å². The van der Waals surface area contributed by atoms with Gasteiger partial charge >= 0.3 is 0 Å². The molecule has 100 valence electrons. The Labute approximate surface area is 109 Å². The van der Waals surface area contributed by atoms with Gasteiger partial charge in [0.25, 0.3) is 0 Å². The van der Waals surface area contributed by atoms with E-state index in [2.05, 4.69) is 24.1 Å². The van der Waals surface area contributed by atoms with Crippen molar-refractivity contribution in [3.8, 4) is 0 Å². The summed E-state index contributed by atoms with van der Waals surface area (Å²) in [7, 11) is 1.90. The Hall–Kier alpha value is -0.960. The van der Waals surface area contributed by atoms with Crippen LogP contribution in [0.2, 0.25) is 0 Å². The second-order valence-corrected chi connectivity index (χ2v) is 5.66. The van der Waals surface area contributed by atoms with Gasteiger partial charge in [0.1, 0.15) is 5.82 Å². The van der Waals surface area contributed by atoms with Gasteiger partial charge < -0.3 is 5.32 Å². The molecule has 1 fully saturated rings. The van der Waals surface area contributed by atoms with Crippen molar-refractivity contribution in [1.82, 2.24) is 10.3 Å². The summed E-state index contributed by atoms with van der Waals surface area (Å²) in [6.45, 7) is 4.62. The van der Waals surface area contributed by atoms with Crippen LogP contribution in [0.1, 0.15) is 44.8 Å². The number of pyridine rings is 1. The molecule has 18 heavy (non-hydrogen) atoms. The predicted molar refractivity (Wildman–Crippen MR) is 71.7 cm³/mol. The van der Waals surface area contributed by atoms with Gasteiger partial charge in [-0.2, -0.15) is 0 Å². The van der Waals surface area contributed by atoms with E-state index < -0.39 is 0 Å². The first-order valence-corrected chi connectivity index (χ1v) is 6.91. The van der Waals surface area contributed by atoms with Crippen molar-refractivity contribution in [1.29, 1.82) is 0 Å². The van der Waals surface area contributed by atoms with Gasteiger partial charge in [0, 0.05) is 6.20 Å². The molecular weight excluding hydrogens is 227 g/mol. The molecule has 1 saturated carbocycles. The average Bonchev–Trinajstić information content (AvgIpc) is 2.37. The largest absolute Gasteiger partial charge is 0.311 e. The van der Waals surface area contributed by atoms with Crippen LogP contribution in [0.15, 0.2) is 18.3 Å². The van der Waals surface area contributed by atoms with E-state index in [1.165, 1.54) is 12.5 Å². The Kier molecular flexibility index (Phi) is 4.33. The number of aromatic nitrogens is 1. The fourth-order valence-electron chi connectivity index (χ4n) is 3.11. The first-order chi connectivity index (χ1) is 8.63. The minimum Gasteiger partial charge on any atom is -0.311 e. The van der Waals surface area contributed by atoms with Gasteiger partial charge in [-0.25, -0.2) is 4.39 Å². The number of rotatable bonds is 3. The fourth-order valence-corrected chi connectivity index (χ4v) is 3.11. The SMILES string of the molecule is CNC(c1ncccc1F)C1CCC(C)C(C)C1. The van der Waals surface area contributed by atoms with Gasteiger partial charge in [-0.1, -0.05) is 20.3 Å². The zero-order chi connectivity index (χ0) is 13.1. The zero-order valence-corrected chi connectivity index (χ0v) is 11.5. The number of nitrogens with one attached hydrogen (secondary N) is 1. The number of hydrogen-bond donors (Lipinski definition) is 1. The van der Waals surface area contributed by atoms with E-state index >= 15 is 0 Å². The Balaban J connectivity index is 2.17. The molecule has 1 aliphatic rings. The molecule has 2 rings (SSSR count). The second kappa shape index (κ2) is 5.79. The van der Waals surface area contributed by atoms with Crippen molar-refractivity contribution >= 4 is 0 Å². The molecule has 0 spiro atoms. The van der Waals surface area contributed by atoms with E-state index in [4.69, 9.17) is 0 Å². The molecule has 0 aliphatic heterocycles.